The molecule has 0 atom stereocenters. The average Bonchev–Trinajstić information content (AvgIpc) is 2.11. The molecule has 1 aromatic heterocycles. The van der Waals surface area contributed by atoms with E-state index < -0.39 is 0 Å². The normalized spacial score (nSPS) is 11.5. The number of hydrogen-bond donors (Lipinski definition) is 0. The SMILES string of the molecule is Cc1c2ccccc2cc2ooc12. The largest absolute Gasteiger partial charge is 0.286 e. The van der Waals surface area contributed by atoms with Gasteiger partial charge >= 0.3 is 0 Å². The van der Waals surface area contributed by atoms with Crippen LogP contribution < -0.4 is 0 Å². The Balaban J connectivity index is 2.60. The standard InChI is InChI=1S/C11H8O2/c1-7-9-5-3-2-4-8(9)6-10-11(7)13-12-10/h2-6H,1H3. The van der Waals surface area contributed by atoms with Crippen molar-refractivity contribution in [2.75, 3.05) is 0 Å². The van der Waals surface area contributed by atoms with Crippen molar-refractivity contribution in [3.8, 4) is 0 Å². The molecule has 3 rings (SSSR count). The lowest BCUT2D eigenvalue weighted by Gasteiger charge is -2.05. The molecular formula is C11H8O2. The van der Waals surface area contributed by atoms with Crippen LogP contribution in [0.3, 0.4) is 0 Å². The van der Waals surface area contributed by atoms with Gasteiger partial charge in [-0.3, -0.25) is 9.15 Å². The molecule has 0 fully saturated rings. The number of fused-ring (bicyclic) bond motifs is 2. The Hall–Kier alpha value is -1.70. The second kappa shape index (κ2) is 2.16. The number of benzene rings is 2. The first-order valence-corrected chi connectivity index (χ1v) is 4.23. The minimum absolute atomic E-state index is 0.844. The van der Waals surface area contributed by atoms with Crippen LogP contribution in [0.15, 0.2) is 39.5 Å². The van der Waals surface area contributed by atoms with Crippen LogP contribution in [-0.2, 0) is 0 Å². The third-order valence-electron chi connectivity index (χ3n) is 2.43. The zero-order valence-corrected chi connectivity index (χ0v) is 7.20. The van der Waals surface area contributed by atoms with Crippen LogP contribution >= 0.6 is 0 Å². The van der Waals surface area contributed by atoms with E-state index in [9.17, 15) is 0 Å². The molecule has 0 aliphatic rings. The van der Waals surface area contributed by atoms with Crippen LogP contribution in [0.4, 0.5) is 0 Å². The second-order valence-corrected chi connectivity index (χ2v) is 3.22. The molecule has 0 amide bonds. The monoisotopic (exact) mass is 172 g/mol. The van der Waals surface area contributed by atoms with Gasteiger partial charge in [-0.05, 0) is 23.8 Å². The second-order valence-electron chi connectivity index (χ2n) is 3.22. The van der Waals surface area contributed by atoms with E-state index in [0.29, 0.717) is 0 Å². The molecule has 0 unspecified atom stereocenters. The lowest BCUT2D eigenvalue weighted by Crippen LogP contribution is -1.84. The zero-order chi connectivity index (χ0) is 8.84. The zero-order valence-electron chi connectivity index (χ0n) is 7.20. The molecular weight excluding hydrogens is 164 g/mol. The van der Waals surface area contributed by atoms with Crippen molar-refractivity contribution in [1.29, 1.82) is 0 Å². The van der Waals surface area contributed by atoms with Gasteiger partial charge in [0, 0.05) is 5.56 Å². The minimum atomic E-state index is 0.844. The fourth-order valence-corrected chi connectivity index (χ4v) is 1.70. The van der Waals surface area contributed by atoms with Crippen molar-refractivity contribution in [3.05, 3.63) is 35.9 Å². The molecule has 2 heteroatoms. The number of hydrogen-bond acceptors (Lipinski definition) is 2. The third-order valence-corrected chi connectivity index (χ3v) is 2.43. The minimum Gasteiger partial charge on any atom is -0.286 e. The molecule has 1 heterocycles. The van der Waals surface area contributed by atoms with E-state index in [0.717, 1.165) is 16.7 Å². The van der Waals surface area contributed by atoms with Crippen molar-refractivity contribution in [2.24, 2.45) is 0 Å². The number of aryl methyl sites for hydroxylation is 1. The van der Waals surface area contributed by atoms with Crippen LogP contribution in [0.5, 0.6) is 0 Å². The Kier molecular flexibility index (Phi) is 1.13. The van der Waals surface area contributed by atoms with Gasteiger partial charge in [-0.15, -0.1) is 0 Å². The molecule has 2 nitrogen and oxygen atoms in total. The maximum absolute atomic E-state index is 4.92. The summed E-state index contributed by atoms with van der Waals surface area (Å²) in [5.41, 5.74) is 2.87. The van der Waals surface area contributed by atoms with Crippen molar-refractivity contribution in [2.45, 2.75) is 6.92 Å². The van der Waals surface area contributed by atoms with Crippen molar-refractivity contribution in [1.82, 2.24) is 0 Å². The Labute approximate surface area is 74.7 Å². The quantitative estimate of drug-likeness (QED) is 0.485. The molecule has 0 radical (unpaired) electrons. The first-order valence-electron chi connectivity index (χ1n) is 4.23. The van der Waals surface area contributed by atoms with Crippen LogP contribution in [0, 0.1) is 6.92 Å². The van der Waals surface area contributed by atoms with Crippen molar-refractivity contribution in [3.63, 3.8) is 0 Å². The van der Waals surface area contributed by atoms with Gasteiger partial charge in [0.25, 0.3) is 0 Å². The molecule has 2 aromatic carbocycles. The van der Waals surface area contributed by atoms with Gasteiger partial charge in [0.1, 0.15) is 0 Å². The van der Waals surface area contributed by atoms with E-state index in [2.05, 4.69) is 12.1 Å². The Morgan fingerprint density at radius 1 is 1.08 bits per heavy atom. The molecule has 0 N–H and O–H groups in total. The van der Waals surface area contributed by atoms with Crippen molar-refractivity contribution >= 4 is 21.9 Å². The molecule has 0 saturated heterocycles. The highest BCUT2D eigenvalue weighted by Gasteiger charge is 2.10. The fourth-order valence-electron chi connectivity index (χ4n) is 1.70. The molecule has 64 valence electrons. The van der Waals surface area contributed by atoms with Gasteiger partial charge in [0.05, 0.1) is 0 Å². The smallest absolute Gasteiger partial charge is 0.229 e. The summed E-state index contributed by atoms with van der Waals surface area (Å²) in [5, 5.41) is 2.42. The fraction of sp³-hybridized carbons (Fsp3) is 0.0909. The summed E-state index contributed by atoms with van der Waals surface area (Å²) < 4.78 is 9.78. The summed E-state index contributed by atoms with van der Waals surface area (Å²) in [6.07, 6.45) is 0. The first kappa shape index (κ1) is 6.78. The van der Waals surface area contributed by atoms with E-state index >= 15 is 0 Å². The van der Waals surface area contributed by atoms with Gasteiger partial charge < -0.3 is 0 Å². The van der Waals surface area contributed by atoms with Gasteiger partial charge in [0.15, 0.2) is 0 Å². The van der Waals surface area contributed by atoms with Crippen LogP contribution in [0.1, 0.15) is 5.56 Å². The summed E-state index contributed by atoms with van der Waals surface area (Å²) in [5.74, 6) is 0. The topological polar surface area (TPSA) is 26.3 Å². The maximum Gasteiger partial charge on any atom is 0.229 e. The highest BCUT2D eigenvalue weighted by molar-refractivity contribution is 5.97. The predicted molar refractivity (Wildman–Crippen MR) is 50.7 cm³/mol. The maximum atomic E-state index is 4.92. The van der Waals surface area contributed by atoms with Crippen LogP contribution in [0.2, 0.25) is 0 Å². The summed E-state index contributed by atoms with van der Waals surface area (Å²) in [6.45, 7) is 2.05. The van der Waals surface area contributed by atoms with E-state index in [4.69, 9.17) is 9.15 Å². The Morgan fingerprint density at radius 3 is 2.69 bits per heavy atom. The van der Waals surface area contributed by atoms with Crippen molar-refractivity contribution < 1.29 is 9.15 Å². The molecule has 13 heavy (non-hydrogen) atoms. The third kappa shape index (κ3) is 0.773. The highest BCUT2D eigenvalue weighted by atomic mass is 17.0. The summed E-state index contributed by atoms with van der Waals surface area (Å²) in [7, 11) is 0. The van der Waals surface area contributed by atoms with Crippen LogP contribution in [-0.4, -0.2) is 0 Å². The Bertz CT molecular complexity index is 572. The van der Waals surface area contributed by atoms with Crippen LogP contribution in [0.25, 0.3) is 21.9 Å². The first-order chi connectivity index (χ1) is 6.36. The molecule has 0 spiro atoms. The predicted octanol–water partition coefficient (Wildman–Crippen LogP) is 3.49. The van der Waals surface area contributed by atoms with Gasteiger partial charge in [0.2, 0.25) is 11.2 Å². The molecule has 3 aromatic rings. The van der Waals surface area contributed by atoms with E-state index in [-0.39, 0.29) is 0 Å². The molecule has 0 aliphatic carbocycles. The Morgan fingerprint density at radius 2 is 1.92 bits per heavy atom. The average molecular weight is 172 g/mol. The lowest BCUT2D eigenvalue weighted by atomic mass is 10.0. The molecule has 0 saturated carbocycles. The molecule has 0 bridgehead atoms. The van der Waals surface area contributed by atoms with Gasteiger partial charge in [-0.25, -0.2) is 0 Å². The van der Waals surface area contributed by atoms with E-state index in [1.54, 1.807) is 0 Å². The molecule has 0 aliphatic heterocycles. The summed E-state index contributed by atoms with van der Waals surface area (Å²) in [4.78, 5) is 0. The highest BCUT2D eigenvalue weighted by Crippen LogP contribution is 2.29. The van der Waals surface area contributed by atoms with E-state index in [1.807, 2.05) is 25.1 Å². The van der Waals surface area contributed by atoms with Gasteiger partial charge in [-0.2, -0.15) is 0 Å². The lowest BCUT2D eigenvalue weighted by molar-refractivity contribution is 0.0586. The number of rotatable bonds is 0. The van der Waals surface area contributed by atoms with Gasteiger partial charge in [-0.1, -0.05) is 24.3 Å². The summed E-state index contributed by atoms with van der Waals surface area (Å²) >= 11 is 0. The summed E-state index contributed by atoms with van der Waals surface area (Å²) in [6, 6.07) is 10.2. The van der Waals surface area contributed by atoms with E-state index in [1.165, 1.54) is 10.8 Å².